The molecule has 3 rings (SSSR count). The molecule has 1 heterocycles. The van der Waals surface area contributed by atoms with Crippen molar-refractivity contribution in [2.75, 3.05) is 78.3 Å². The van der Waals surface area contributed by atoms with Gasteiger partial charge in [0.25, 0.3) is 0 Å². The van der Waals surface area contributed by atoms with E-state index in [0.717, 1.165) is 31.9 Å². The van der Waals surface area contributed by atoms with E-state index in [1.54, 1.807) is 26.4 Å². The average molecular weight is 442 g/mol. The molecule has 1 atom stereocenters. The molecule has 8 heteroatoms. The van der Waals surface area contributed by atoms with Crippen LogP contribution in [0.2, 0.25) is 0 Å². The van der Waals surface area contributed by atoms with Gasteiger partial charge in [0.2, 0.25) is 0 Å². The zero-order valence-corrected chi connectivity index (χ0v) is 19.7. The van der Waals surface area contributed by atoms with Crippen molar-refractivity contribution in [2.24, 2.45) is 0 Å². The number of nitrogens with one attached hydrogen (secondary N) is 2. The summed E-state index contributed by atoms with van der Waals surface area (Å²) in [6.07, 6.45) is 0. The van der Waals surface area contributed by atoms with Crippen LogP contribution in [-0.2, 0) is 0 Å². The van der Waals surface area contributed by atoms with Gasteiger partial charge >= 0.3 is 6.03 Å². The Morgan fingerprint density at radius 2 is 1.72 bits per heavy atom. The normalized spacial score (nSPS) is 15.7. The molecule has 2 aromatic rings. The molecular formula is C24H35N5O3. The zero-order valence-electron chi connectivity index (χ0n) is 19.7. The lowest BCUT2D eigenvalue weighted by molar-refractivity contribution is 0.111. The molecule has 0 aromatic heterocycles. The van der Waals surface area contributed by atoms with Crippen LogP contribution in [0.3, 0.4) is 0 Å². The van der Waals surface area contributed by atoms with E-state index >= 15 is 0 Å². The van der Waals surface area contributed by atoms with Crippen LogP contribution in [0.5, 0.6) is 11.5 Å². The van der Waals surface area contributed by atoms with Gasteiger partial charge in [0.05, 0.1) is 25.9 Å². The summed E-state index contributed by atoms with van der Waals surface area (Å²) in [4.78, 5) is 19.6. The second-order valence-corrected chi connectivity index (χ2v) is 8.22. The summed E-state index contributed by atoms with van der Waals surface area (Å²) in [6, 6.07) is 13.8. The molecule has 0 saturated carbocycles. The summed E-state index contributed by atoms with van der Waals surface area (Å²) in [6.45, 7) is 4.45. The number of urea groups is 1. The SMILES string of the molecule is COc1cccc(NC(=O)NC[C@@H](c2ccc(N(C)C)cc2)N2CCN(C)CC2)c1OC. The van der Waals surface area contributed by atoms with E-state index in [0.29, 0.717) is 23.7 Å². The number of piperazine rings is 1. The van der Waals surface area contributed by atoms with Crippen molar-refractivity contribution in [3.8, 4) is 11.5 Å². The summed E-state index contributed by atoms with van der Waals surface area (Å²) in [7, 11) is 9.34. The highest BCUT2D eigenvalue weighted by Gasteiger charge is 2.25. The van der Waals surface area contributed by atoms with E-state index < -0.39 is 0 Å². The van der Waals surface area contributed by atoms with Crippen LogP contribution < -0.4 is 25.0 Å². The topological polar surface area (TPSA) is 69.3 Å². The van der Waals surface area contributed by atoms with Crippen molar-refractivity contribution < 1.29 is 14.3 Å². The summed E-state index contributed by atoms with van der Waals surface area (Å²) < 4.78 is 10.7. The number of hydrogen-bond acceptors (Lipinski definition) is 6. The third-order valence-corrected chi connectivity index (χ3v) is 5.88. The van der Waals surface area contributed by atoms with Crippen molar-refractivity contribution in [3.05, 3.63) is 48.0 Å². The Labute approximate surface area is 191 Å². The van der Waals surface area contributed by atoms with E-state index in [1.807, 2.05) is 20.2 Å². The van der Waals surface area contributed by atoms with Crippen LogP contribution in [0.4, 0.5) is 16.2 Å². The molecular weight excluding hydrogens is 406 g/mol. The number of hydrogen-bond donors (Lipinski definition) is 2. The van der Waals surface area contributed by atoms with E-state index in [2.05, 4.69) is 56.6 Å². The molecule has 174 valence electrons. The lowest BCUT2D eigenvalue weighted by Gasteiger charge is -2.38. The molecule has 8 nitrogen and oxygen atoms in total. The first kappa shape index (κ1) is 23.7. The second kappa shape index (κ2) is 11.1. The van der Waals surface area contributed by atoms with Gasteiger partial charge in [0, 0.05) is 52.5 Å². The first-order valence-electron chi connectivity index (χ1n) is 10.9. The van der Waals surface area contributed by atoms with Gasteiger partial charge in [-0.3, -0.25) is 4.90 Å². The number of benzene rings is 2. The lowest BCUT2D eigenvalue weighted by atomic mass is 10.0. The van der Waals surface area contributed by atoms with Gasteiger partial charge in [-0.1, -0.05) is 18.2 Å². The van der Waals surface area contributed by atoms with E-state index in [9.17, 15) is 4.79 Å². The summed E-state index contributed by atoms with van der Waals surface area (Å²) in [5.74, 6) is 1.07. The largest absolute Gasteiger partial charge is 0.493 e. The minimum absolute atomic E-state index is 0.0952. The molecule has 0 bridgehead atoms. The fourth-order valence-electron chi connectivity index (χ4n) is 3.93. The molecule has 2 aromatic carbocycles. The second-order valence-electron chi connectivity index (χ2n) is 8.22. The summed E-state index contributed by atoms with van der Waals surface area (Å²) >= 11 is 0. The van der Waals surface area contributed by atoms with Crippen LogP contribution in [-0.4, -0.2) is 83.9 Å². The monoisotopic (exact) mass is 441 g/mol. The molecule has 2 N–H and O–H groups in total. The Morgan fingerprint density at radius 1 is 1.03 bits per heavy atom. The molecule has 0 radical (unpaired) electrons. The predicted octanol–water partition coefficient (Wildman–Crippen LogP) is 2.88. The summed E-state index contributed by atoms with van der Waals surface area (Å²) in [5.41, 5.74) is 2.91. The van der Waals surface area contributed by atoms with Gasteiger partial charge in [-0.15, -0.1) is 0 Å². The number of nitrogens with zero attached hydrogens (tertiary/aromatic N) is 3. The maximum absolute atomic E-state index is 12.7. The van der Waals surface area contributed by atoms with Crippen molar-refractivity contribution in [1.29, 1.82) is 0 Å². The fourth-order valence-corrected chi connectivity index (χ4v) is 3.93. The Hall–Kier alpha value is -2.97. The third-order valence-electron chi connectivity index (χ3n) is 5.88. The van der Waals surface area contributed by atoms with Gasteiger partial charge < -0.3 is 29.9 Å². The molecule has 1 aliphatic heterocycles. The molecule has 1 saturated heterocycles. The minimum Gasteiger partial charge on any atom is -0.493 e. The van der Waals surface area contributed by atoms with Gasteiger partial charge in [0.15, 0.2) is 11.5 Å². The number of carbonyl (C=O) groups excluding carboxylic acids is 1. The van der Waals surface area contributed by atoms with Crippen LogP contribution in [0.25, 0.3) is 0 Å². The highest BCUT2D eigenvalue weighted by Crippen LogP contribution is 2.34. The zero-order chi connectivity index (χ0) is 23.1. The Balaban J connectivity index is 1.71. The van der Waals surface area contributed by atoms with E-state index in [4.69, 9.17) is 9.47 Å². The van der Waals surface area contributed by atoms with Crippen molar-refractivity contribution in [2.45, 2.75) is 6.04 Å². The highest BCUT2D eigenvalue weighted by molar-refractivity contribution is 5.91. The minimum atomic E-state index is -0.277. The number of methoxy groups -OCH3 is 2. The number of carbonyl (C=O) groups is 1. The van der Waals surface area contributed by atoms with Crippen molar-refractivity contribution in [3.63, 3.8) is 0 Å². The van der Waals surface area contributed by atoms with Gasteiger partial charge in [-0.25, -0.2) is 4.79 Å². The van der Waals surface area contributed by atoms with Gasteiger partial charge in [-0.2, -0.15) is 0 Å². The predicted molar refractivity (Wildman–Crippen MR) is 129 cm³/mol. The number of amides is 2. The van der Waals surface area contributed by atoms with E-state index in [1.165, 1.54) is 5.56 Å². The summed E-state index contributed by atoms with van der Waals surface area (Å²) in [5, 5.41) is 5.94. The Bertz CT molecular complexity index is 880. The van der Waals surface area contributed by atoms with Crippen LogP contribution >= 0.6 is 0 Å². The average Bonchev–Trinajstić information content (AvgIpc) is 2.80. The number of rotatable bonds is 8. The standard InChI is InChI=1S/C24H35N5O3/c1-27(2)19-11-9-18(10-12-19)21(29-15-13-28(3)14-16-29)17-25-24(30)26-20-7-6-8-22(31-4)23(20)32-5/h6-12,21H,13-17H2,1-5H3,(H2,25,26,30)/t21-/m0/s1. The van der Waals surface area contributed by atoms with E-state index in [-0.39, 0.29) is 12.1 Å². The number of anilines is 2. The molecule has 0 spiro atoms. The number of likely N-dealkylation sites (N-methyl/N-ethyl adjacent to an activating group) is 1. The lowest BCUT2D eigenvalue weighted by Crippen LogP contribution is -2.48. The van der Waals surface area contributed by atoms with Crippen LogP contribution in [0.1, 0.15) is 11.6 Å². The molecule has 0 aliphatic carbocycles. The smallest absolute Gasteiger partial charge is 0.319 e. The maximum Gasteiger partial charge on any atom is 0.319 e. The highest BCUT2D eigenvalue weighted by atomic mass is 16.5. The first-order chi connectivity index (χ1) is 15.4. The van der Waals surface area contributed by atoms with Crippen molar-refractivity contribution >= 4 is 17.4 Å². The maximum atomic E-state index is 12.7. The third kappa shape index (κ3) is 5.83. The molecule has 1 fully saturated rings. The van der Waals surface area contributed by atoms with Gasteiger partial charge in [0.1, 0.15) is 0 Å². The number of ether oxygens (including phenoxy) is 2. The molecule has 1 aliphatic rings. The fraction of sp³-hybridized carbons (Fsp3) is 0.458. The molecule has 0 unspecified atom stereocenters. The number of para-hydroxylation sites is 1. The van der Waals surface area contributed by atoms with Gasteiger partial charge in [-0.05, 0) is 36.9 Å². The Kier molecular flexibility index (Phi) is 8.19. The quantitative estimate of drug-likeness (QED) is 0.657. The Morgan fingerprint density at radius 3 is 2.31 bits per heavy atom. The first-order valence-corrected chi connectivity index (χ1v) is 10.9. The van der Waals surface area contributed by atoms with Crippen molar-refractivity contribution in [1.82, 2.24) is 15.1 Å². The molecule has 2 amide bonds. The van der Waals surface area contributed by atoms with Crippen LogP contribution in [0.15, 0.2) is 42.5 Å². The molecule has 32 heavy (non-hydrogen) atoms. The van der Waals surface area contributed by atoms with Crippen LogP contribution in [0, 0.1) is 0 Å².